The molecule has 1 amide bonds. The van der Waals surface area contributed by atoms with Crippen LogP contribution >= 0.6 is 11.8 Å². The normalized spacial score (nSPS) is 16.8. The standard InChI is InChI=1S/C24H24N4O5S2/c1-15-5-6-16(2)20(13-15)33-12-4-11-32-18-9-7-17(8-10-18)14-19-21(25)28-23(26-22(19)29)34-24(27-28)35(3,30)31/h5-10,13-14,25H,4,11-12H2,1-3H3/b19-14-,25-21?. The van der Waals surface area contributed by atoms with Crippen LogP contribution < -0.4 is 9.47 Å². The summed E-state index contributed by atoms with van der Waals surface area (Å²) >= 11 is 0.754. The molecule has 0 atom stereocenters. The first-order chi connectivity index (χ1) is 16.6. The van der Waals surface area contributed by atoms with Crippen LogP contribution in [0.5, 0.6) is 11.5 Å². The minimum absolute atomic E-state index is 0.0186. The predicted molar refractivity (Wildman–Crippen MR) is 138 cm³/mol. The molecule has 0 unspecified atom stereocenters. The Hall–Kier alpha value is -3.44. The number of hydrazone groups is 1. The number of hydrogen-bond acceptors (Lipinski definition) is 8. The monoisotopic (exact) mass is 512 g/mol. The van der Waals surface area contributed by atoms with E-state index in [2.05, 4.69) is 16.2 Å². The molecular formula is C24H24N4O5S2. The minimum Gasteiger partial charge on any atom is -0.493 e. The molecule has 2 aliphatic heterocycles. The van der Waals surface area contributed by atoms with Crippen LogP contribution in [-0.4, -0.2) is 54.2 Å². The van der Waals surface area contributed by atoms with Crippen LogP contribution in [0.1, 0.15) is 23.1 Å². The lowest BCUT2D eigenvalue weighted by Crippen LogP contribution is -2.35. The van der Waals surface area contributed by atoms with Crippen LogP contribution in [0.25, 0.3) is 6.08 Å². The van der Waals surface area contributed by atoms with Gasteiger partial charge >= 0.3 is 0 Å². The van der Waals surface area contributed by atoms with Gasteiger partial charge in [0.15, 0.2) is 5.84 Å². The van der Waals surface area contributed by atoms with E-state index in [1.54, 1.807) is 24.3 Å². The van der Waals surface area contributed by atoms with E-state index in [9.17, 15) is 13.2 Å². The SMILES string of the molecule is Cc1ccc(C)c(OCCCOc2ccc(/C=C3/C(=N)N4N=C(S(C)(=O)=O)SC4=NC3=O)cc2)c1. The molecule has 2 heterocycles. The Morgan fingerprint density at radius 2 is 1.80 bits per heavy atom. The highest BCUT2D eigenvalue weighted by molar-refractivity contribution is 8.42. The van der Waals surface area contributed by atoms with Gasteiger partial charge in [-0.3, -0.25) is 10.2 Å². The lowest BCUT2D eigenvalue weighted by molar-refractivity contribution is -0.114. The van der Waals surface area contributed by atoms with E-state index < -0.39 is 15.7 Å². The highest BCUT2D eigenvalue weighted by Crippen LogP contribution is 2.30. The van der Waals surface area contributed by atoms with Crippen molar-refractivity contribution in [2.45, 2.75) is 20.3 Å². The van der Waals surface area contributed by atoms with Crippen LogP contribution in [0, 0.1) is 19.3 Å². The average molecular weight is 513 g/mol. The second-order valence-electron chi connectivity index (χ2n) is 8.05. The summed E-state index contributed by atoms with van der Waals surface area (Å²) in [7, 11) is -3.57. The fourth-order valence-electron chi connectivity index (χ4n) is 3.25. The summed E-state index contributed by atoms with van der Waals surface area (Å²) in [5.41, 5.74) is 2.94. The highest BCUT2D eigenvalue weighted by atomic mass is 32.3. The fraction of sp³-hybridized carbons (Fsp3) is 0.250. The van der Waals surface area contributed by atoms with Crippen molar-refractivity contribution in [2.24, 2.45) is 10.1 Å². The van der Waals surface area contributed by atoms with E-state index in [-0.39, 0.29) is 21.0 Å². The number of carbonyl (C=O) groups is 1. The zero-order valence-electron chi connectivity index (χ0n) is 19.4. The van der Waals surface area contributed by atoms with Gasteiger partial charge in [0.2, 0.25) is 19.4 Å². The number of sulfone groups is 1. The summed E-state index contributed by atoms with van der Waals surface area (Å²) in [6, 6.07) is 13.2. The van der Waals surface area contributed by atoms with Crippen LogP contribution in [0.2, 0.25) is 0 Å². The number of nitrogens with one attached hydrogen (secondary N) is 1. The van der Waals surface area contributed by atoms with Gasteiger partial charge in [-0.05, 0) is 66.6 Å². The maximum Gasteiger partial charge on any atom is 0.283 e. The van der Waals surface area contributed by atoms with Crippen molar-refractivity contribution in [3.05, 3.63) is 64.7 Å². The largest absolute Gasteiger partial charge is 0.493 e. The number of nitrogens with zero attached hydrogens (tertiary/aromatic N) is 3. The molecular weight excluding hydrogens is 488 g/mol. The maximum atomic E-state index is 12.4. The number of ether oxygens (including phenoxy) is 2. The fourth-order valence-corrected chi connectivity index (χ4v) is 4.93. The molecule has 2 aromatic rings. The minimum atomic E-state index is -3.57. The van der Waals surface area contributed by atoms with Crippen molar-refractivity contribution in [3.8, 4) is 11.5 Å². The number of aliphatic imine (C=N–C) groups is 1. The third-order valence-corrected chi connectivity index (χ3v) is 7.68. The molecule has 0 aliphatic carbocycles. The second-order valence-corrected chi connectivity index (χ2v) is 11.2. The van der Waals surface area contributed by atoms with Gasteiger partial charge < -0.3 is 9.47 Å². The molecule has 2 aliphatic rings. The number of hydrogen-bond donors (Lipinski definition) is 1. The number of fused-ring (bicyclic) bond motifs is 1. The highest BCUT2D eigenvalue weighted by Gasteiger charge is 2.38. The third-order valence-electron chi connectivity index (χ3n) is 5.10. The number of amidine groups is 2. The number of thioether (sulfide) groups is 1. The number of rotatable bonds is 7. The van der Waals surface area contributed by atoms with Gasteiger partial charge in [-0.2, -0.15) is 10.0 Å². The molecule has 4 rings (SSSR count). The average Bonchev–Trinajstić information content (AvgIpc) is 3.24. The molecule has 0 bridgehead atoms. The van der Waals surface area contributed by atoms with Gasteiger partial charge in [0, 0.05) is 12.7 Å². The van der Waals surface area contributed by atoms with E-state index in [4.69, 9.17) is 14.9 Å². The zero-order valence-corrected chi connectivity index (χ0v) is 21.1. The number of aryl methyl sites for hydroxylation is 2. The lowest BCUT2D eigenvalue weighted by atomic mass is 10.1. The molecule has 0 saturated carbocycles. The first-order valence-electron chi connectivity index (χ1n) is 10.7. The molecule has 0 spiro atoms. The van der Waals surface area contributed by atoms with Crippen LogP contribution in [0.4, 0.5) is 0 Å². The summed E-state index contributed by atoms with van der Waals surface area (Å²) in [5, 5.41) is 13.4. The molecule has 9 nitrogen and oxygen atoms in total. The number of carbonyl (C=O) groups excluding carboxylic acids is 1. The Kier molecular flexibility index (Phi) is 7.08. The van der Waals surface area contributed by atoms with Gasteiger partial charge in [-0.25, -0.2) is 8.42 Å². The van der Waals surface area contributed by atoms with E-state index in [0.29, 0.717) is 24.5 Å². The Morgan fingerprint density at radius 1 is 1.09 bits per heavy atom. The molecule has 0 radical (unpaired) electrons. The van der Waals surface area contributed by atoms with Crippen molar-refractivity contribution in [2.75, 3.05) is 19.5 Å². The van der Waals surface area contributed by atoms with Crippen molar-refractivity contribution in [3.63, 3.8) is 0 Å². The Bertz CT molecular complexity index is 1380. The van der Waals surface area contributed by atoms with Gasteiger partial charge in [0.1, 0.15) is 11.5 Å². The van der Waals surface area contributed by atoms with Crippen molar-refractivity contribution >= 4 is 49.0 Å². The Labute approximate surface area is 208 Å². The second kappa shape index (κ2) is 10.0. The summed E-state index contributed by atoms with van der Waals surface area (Å²) in [5.74, 6) is 0.702. The van der Waals surface area contributed by atoms with Gasteiger partial charge in [0.05, 0.1) is 18.8 Å². The summed E-state index contributed by atoms with van der Waals surface area (Å²) < 4.78 is 34.9. The molecule has 182 valence electrons. The quantitative estimate of drug-likeness (QED) is 0.443. The van der Waals surface area contributed by atoms with Gasteiger partial charge in [-0.1, -0.05) is 24.3 Å². The van der Waals surface area contributed by atoms with E-state index in [1.807, 2.05) is 26.0 Å². The van der Waals surface area contributed by atoms with Crippen LogP contribution in [0.15, 0.2) is 58.1 Å². The summed E-state index contributed by atoms with van der Waals surface area (Å²) in [4.78, 5) is 16.3. The van der Waals surface area contributed by atoms with Crippen molar-refractivity contribution in [1.29, 1.82) is 5.41 Å². The van der Waals surface area contributed by atoms with Gasteiger partial charge in [0.25, 0.3) is 5.91 Å². The van der Waals surface area contributed by atoms with E-state index >= 15 is 0 Å². The first-order valence-corrected chi connectivity index (χ1v) is 13.5. The predicted octanol–water partition coefficient (Wildman–Crippen LogP) is 3.77. The van der Waals surface area contributed by atoms with Crippen LogP contribution in [0.3, 0.4) is 0 Å². The van der Waals surface area contributed by atoms with Crippen LogP contribution in [-0.2, 0) is 14.6 Å². The summed E-state index contributed by atoms with van der Waals surface area (Å²) in [6.45, 7) is 5.07. The molecule has 0 saturated heterocycles. The molecule has 35 heavy (non-hydrogen) atoms. The third kappa shape index (κ3) is 5.80. The smallest absolute Gasteiger partial charge is 0.283 e. The molecule has 1 N–H and O–H groups in total. The maximum absolute atomic E-state index is 12.4. The topological polar surface area (TPSA) is 121 Å². The Morgan fingerprint density at radius 3 is 2.51 bits per heavy atom. The molecule has 0 aromatic heterocycles. The van der Waals surface area contributed by atoms with Crippen molar-refractivity contribution < 1.29 is 22.7 Å². The van der Waals surface area contributed by atoms with Crippen molar-refractivity contribution in [1.82, 2.24) is 5.01 Å². The number of amides is 1. The number of benzene rings is 2. The molecule has 0 fully saturated rings. The summed E-state index contributed by atoms with van der Waals surface area (Å²) in [6.07, 6.45) is 3.25. The van der Waals surface area contributed by atoms with E-state index in [0.717, 1.165) is 46.3 Å². The Balaban J connectivity index is 1.34. The lowest BCUT2D eigenvalue weighted by Gasteiger charge is -2.20. The first kappa shape index (κ1) is 24.7. The zero-order chi connectivity index (χ0) is 25.2. The van der Waals surface area contributed by atoms with Gasteiger partial charge in [-0.15, -0.1) is 5.10 Å². The van der Waals surface area contributed by atoms with E-state index in [1.165, 1.54) is 6.08 Å². The molecule has 11 heteroatoms. The molecule has 2 aromatic carbocycles.